The van der Waals surface area contributed by atoms with E-state index in [2.05, 4.69) is 22.9 Å². The lowest BCUT2D eigenvalue weighted by Crippen LogP contribution is -2.38. The molecule has 2 aliphatic rings. The van der Waals surface area contributed by atoms with Gasteiger partial charge in [0.15, 0.2) is 6.61 Å². The van der Waals surface area contributed by atoms with Crippen molar-refractivity contribution in [2.75, 3.05) is 52.9 Å². The van der Waals surface area contributed by atoms with Crippen LogP contribution in [0.5, 0.6) is 5.75 Å². The zero-order chi connectivity index (χ0) is 18.2. The van der Waals surface area contributed by atoms with E-state index in [9.17, 15) is 4.79 Å². The number of ether oxygens (including phenoxy) is 1. The van der Waals surface area contributed by atoms with Gasteiger partial charge in [0, 0.05) is 38.3 Å². The minimum atomic E-state index is 0.113. The Balaban J connectivity index is 1.47. The number of likely N-dealkylation sites (N-methyl/N-ethyl adjacent to an activating group) is 1. The van der Waals surface area contributed by atoms with Gasteiger partial charge in [-0.15, -0.1) is 0 Å². The average molecular weight is 360 g/mol. The van der Waals surface area contributed by atoms with Crippen molar-refractivity contribution >= 4 is 5.91 Å². The minimum Gasteiger partial charge on any atom is -0.483 e. The van der Waals surface area contributed by atoms with Gasteiger partial charge >= 0.3 is 0 Å². The monoisotopic (exact) mass is 359 g/mol. The van der Waals surface area contributed by atoms with Gasteiger partial charge in [-0.25, -0.2) is 0 Å². The minimum absolute atomic E-state index is 0.113. The first-order valence-electron chi connectivity index (χ1n) is 10.1. The molecule has 1 aromatic rings. The van der Waals surface area contributed by atoms with Gasteiger partial charge in [-0.1, -0.05) is 18.2 Å². The summed E-state index contributed by atoms with van der Waals surface area (Å²) in [5.74, 6) is 0.952. The Labute approximate surface area is 157 Å². The zero-order valence-corrected chi connectivity index (χ0v) is 16.2. The zero-order valence-electron chi connectivity index (χ0n) is 16.2. The first-order chi connectivity index (χ1) is 12.7. The van der Waals surface area contributed by atoms with E-state index < -0.39 is 0 Å². The number of benzene rings is 1. The SMILES string of the molecule is CN(CCN1CCCC1)Cc1ccccc1OCC(=O)N1CCCCC1. The number of carbonyl (C=O) groups excluding carboxylic acids is 1. The van der Waals surface area contributed by atoms with Crippen LogP contribution in [0.1, 0.15) is 37.7 Å². The van der Waals surface area contributed by atoms with E-state index in [1.165, 1.54) is 32.4 Å². The number of amides is 1. The van der Waals surface area contributed by atoms with Crippen molar-refractivity contribution < 1.29 is 9.53 Å². The number of likely N-dealkylation sites (tertiary alicyclic amines) is 2. The van der Waals surface area contributed by atoms with Gasteiger partial charge in [0.25, 0.3) is 5.91 Å². The Hall–Kier alpha value is -1.59. The maximum Gasteiger partial charge on any atom is 0.260 e. The van der Waals surface area contributed by atoms with E-state index in [1.54, 1.807) is 0 Å². The lowest BCUT2D eigenvalue weighted by Gasteiger charge is -2.27. The molecule has 0 aliphatic carbocycles. The molecule has 5 nitrogen and oxygen atoms in total. The molecule has 2 aliphatic heterocycles. The Morgan fingerprint density at radius 2 is 1.73 bits per heavy atom. The second-order valence-electron chi connectivity index (χ2n) is 7.62. The number of hydrogen-bond donors (Lipinski definition) is 0. The molecule has 5 heteroatoms. The smallest absolute Gasteiger partial charge is 0.260 e. The lowest BCUT2D eigenvalue weighted by atomic mass is 10.1. The highest BCUT2D eigenvalue weighted by atomic mass is 16.5. The van der Waals surface area contributed by atoms with Crippen molar-refractivity contribution in [3.8, 4) is 5.75 Å². The lowest BCUT2D eigenvalue weighted by molar-refractivity contribution is -0.134. The Bertz CT molecular complexity index is 566. The quantitative estimate of drug-likeness (QED) is 0.715. The number of carbonyl (C=O) groups is 1. The normalized spacial score (nSPS) is 18.5. The maximum absolute atomic E-state index is 12.3. The molecule has 1 amide bonds. The summed E-state index contributed by atoms with van der Waals surface area (Å²) in [6, 6.07) is 8.11. The molecule has 0 aromatic heterocycles. The third-order valence-electron chi connectivity index (χ3n) is 5.47. The number of piperidine rings is 1. The second kappa shape index (κ2) is 9.93. The van der Waals surface area contributed by atoms with Gasteiger partial charge in [0.2, 0.25) is 0 Å². The summed E-state index contributed by atoms with van der Waals surface area (Å²) >= 11 is 0. The van der Waals surface area contributed by atoms with Crippen LogP contribution in [0, 0.1) is 0 Å². The predicted octanol–water partition coefficient (Wildman–Crippen LogP) is 2.61. The van der Waals surface area contributed by atoms with Crippen LogP contribution in [0.4, 0.5) is 0 Å². The largest absolute Gasteiger partial charge is 0.483 e. The number of para-hydroxylation sites is 1. The van der Waals surface area contributed by atoms with Gasteiger partial charge in [0.1, 0.15) is 5.75 Å². The van der Waals surface area contributed by atoms with Gasteiger partial charge in [-0.3, -0.25) is 4.79 Å². The van der Waals surface area contributed by atoms with E-state index in [-0.39, 0.29) is 12.5 Å². The summed E-state index contributed by atoms with van der Waals surface area (Å²) < 4.78 is 5.90. The van der Waals surface area contributed by atoms with Crippen molar-refractivity contribution in [2.45, 2.75) is 38.6 Å². The van der Waals surface area contributed by atoms with Crippen LogP contribution in [-0.4, -0.2) is 73.5 Å². The van der Waals surface area contributed by atoms with Crippen LogP contribution in [-0.2, 0) is 11.3 Å². The molecule has 0 saturated carbocycles. The number of rotatable bonds is 8. The van der Waals surface area contributed by atoms with Crippen molar-refractivity contribution in [2.24, 2.45) is 0 Å². The van der Waals surface area contributed by atoms with Crippen molar-refractivity contribution in [3.05, 3.63) is 29.8 Å². The molecule has 0 spiro atoms. The molecule has 2 fully saturated rings. The fourth-order valence-electron chi connectivity index (χ4n) is 3.84. The van der Waals surface area contributed by atoms with E-state index >= 15 is 0 Å². The molecule has 144 valence electrons. The Morgan fingerprint density at radius 1 is 1.04 bits per heavy atom. The van der Waals surface area contributed by atoms with Crippen LogP contribution in [0.25, 0.3) is 0 Å². The van der Waals surface area contributed by atoms with Gasteiger partial charge < -0.3 is 19.4 Å². The van der Waals surface area contributed by atoms with E-state index in [1.807, 2.05) is 23.1 Å². The fourth-order valence-corrected chi connectivity index (χ4v) is 3.84. The Morgan fingerprint density at radius 3 is 2.50 bits per heavy atom. The molecule has 0 atom stereocenters. The van der Waals surface area contributed by atoms with Crippen LogP contribution in [0.15, 0.2) is 24.3 Å². The molecular weight excluding hydrogens is 326 g/mol. The Kier molecular flexibility index (Phi) is 7.32. The third-order valence-corrected chi connectivity index (χ3v) is 5.47. The van der Waals surface area contributed by atoms with Crippen molar-refractivity contribution in [1.82, 2.24) is 14.7 Å². The summed E-state index contributed by atoms with van der Waals surface area (Å²) in [6.45, 7) is 7.43. The number of nitrogens with zero attached hydrogens (tertiary/aromatic N) is 3. The molecule has 3 rings (SSSR count). The van der Waals surface area contributed by atoms with Crippen LogP contribution >= 0.6 is 0 Å². The molecule has 0 N–H and O–H groups in total. The summed E-state index contributed by atoms with van der Waals surface area (Å²) in [7, 11) is 2.16. The molecule has 1 aromatic carbocycles. The van der Waals surface area contributed by atoms with Gasteiger partial charge in [0.05, 0.1) is 0 Å². The van der Waals surface area contributed by atoms with Crippen molar-refractivity contribution in [1.29, 1.82) is 0 Å². The fraction of sp³-hybridized carbons (Fsp3) is 0.667. The highest BCUT2D eigenvalue weighted by molar-refractivity contribution is 5.77. The van der Waals surface area contributed by atoms with E-state index in [0.717, 1.165) is 56.9 Å². The molecule has 0 unspecified atom stereocenters. The molecule has 0 bridgehead atoms. The summed E-state index contributed by atoms with van der Waals surface area (Å²) in [4.78, 5) is 19.2. The van der Waals surface area contributed by atoms with E-state index in [0.29, 0.717) is 0 Å². The summed E-state index contributed by atoms with van der Waals surface area (Å²) in [5, 5.41) is 0. The molecule has 0 radical (unpaired) electrons. The summed E-state index contributed by atoms with van der Waals surface area (Å²) in [5.41, 5.74) is 1.16. The molecular formula is C21H33N3O2. The van der Waals surface area contributed by atoms with Crippen molar-refractivity contribution in [3.63, 3.8) is 0 Å². The van der Waals surface area contributed by atoms with Crippen LogP contribution < -0.4 is 4.74 Å². The number of hydrogen-bond acceptors (Lipinski definition) is 4. The van der Waals surface area contributed by atoms with Gasteiger partial charge in [-0.2, -0.15) is 0 Å². The highest BCUT2D eigenvalue weighted by Gasteiger charge is 2.18. The van der Waals surface area contributed by atoms with Crippen LogP contribution in [0.2, 0.25) is 0 Å². The topological polar surface area (TPSA) is 36.0 Å². The van der Waals surface area contributed by atoms with Gasteiger partial charge in [-0.05, 0) is 58.3 Å². The first-order valence-corrected chi connectivity index (χ1v) is 10.1. The molecule has 2 saturated heterocycles. The summed E-state index contributed by atoms with van der Waals surface area (Å²) in [6.07, 6.45) is 6.14. The average Bonchev–Trinajstić information content (AvgIpc) is 3.20. The standard InChI is InChI=1S/C21H33N3O2/c1-22(15-16-23-11-7-8-12-23)17-19-9-3-4-10-20(19)26-18-21(25)24-13-5-2-6-14-24/h3-4,9-10H,2,5-8,11-18H2,1H3. The predicted molar refractivity (Wildman–Crippen MR) is 104 cm³/mol. The van der Waals surface area contributed by atoms with Crippen LogP contribution in [0.3, 0.4) is 0 Å². The van der Waals surface area contributed by atoms with E-state index in [4.69, 9.17) is 4.74 Å². The first kappa shape index (κ1) is 19.2. The molecule has 2 heterocycles. The highest BCUT2D eigenvalue weighted by Crippen LogP contribution is 2.20. The maximum atomic E-state index is 12.3. The molecule has 26 heavy (non-hydrogen) atoms. The second-order valence-corrected chi connectivity index (χ2v) is 7.62. The third kappa shape index (κ3) is 5.71.